The number of esters is 1. The average molecular weight is 338 g/mol. The predicted octanol–water partition coefficient (Wildman–Crippen LogP) is 3.64. The number of pyridine rings is 1. The van der Waals surface area contributed by atoms with Crippen molar-refractivity contribution in [1.29, 1.82) is 0 Å². The number of hydrogen-bond donors (Lipinski definition) is 0. The molecule has 2 aromatic rings. The summed E-state index contributed by atoms with van der Waals surface area (Å²) in [6, 6.07) is 7.80. The highest BCUT2D eigenvalue weighted by atomic mass is 79.9. The molecule has 0 amide bonds. The number of rotatable bonds is 5. The van der Waals surface area contributed by atoms with E-state index in [1.807, 2.05) is 31.2 Å². The van der Waals surface area contributed by atoms with Gasteiger partial charge in [0.25, 0.3) is 0 Å². The maximum absolute atomic E-state index is 11.0. The van der Waals surface area contributed by atoms with Gasteiger partial charge in [0, 0.05) is 17.5 Å². The number of fused-ring (bicyclic) bond motifs is 1. The topological polar surface area (TPSA) is 48.4 Å². The summed E-state index contributed by atoms with van der Waals surface area (Å²) >= 11 is 3.54. The Morgan fingerprint density at radius 2 is 2.10 bits per heavy atom. The van der Waals surface area contributed by atoms with Gasteiger partial charge in [0.2, 0.25) is 0 Å². The molecule has 2 rings (SSSR count). The fourth-order valence-electron chi connectivity index (χ4n) is 1.86. The molecule has 0 aliphatic rings. The molecule has 0 radical (unpaired) electrons. The van der Waals surface area contributed by atoms with E-state index >= 15 is 0 Å². The second-order valence-corrected chi connectivity index (χ2v) is 5.22. The van der Waals surface area contributed by atoms with Crippen LogP contribution in [0.15, 0.2) is 28.7 Å². The van der Waals surface area contributed by atoms with Crippen molar-refractivity contribution in [2.75, 3.05) is 13.7 Å². The molecule has 1 aromatic heterocycles. The minimum atomic E-state index is -0.217. The fraction of sp³-hybridized carbons (Fsp3) is 0.333. The van der Waals surface area contributed by atoms with Gasteiger partial charge in [-0.3, -0.25) is 9.78 Å². The van der Waals surface area contributed by atoms with Crippen LogP contribution in [0.4, 0.5) is 0 Å². The molecule has 20 heavy (non-hydrogen) atoms. The van der Waals surface area contributed by atoms with Gasteiger partial charge in [-0.2, -0.15) is 0 Å². The maximum atomic E-state index is 11.0. The molecule has 0 saturated carbocycles. The Morgan fingerprint density at radius 1 is 1.30 bits per heavy atom. The van der Waals surface area contributed by atoms with Crippen molar-refractivity contribution in [3.05, 3.63) is 34.4 Å². The SMILES string of the molecule is COC(=O)CCCOc1ccc2nc(C)ccc2c1Br. The van der Waals surface area contributed by atoms with E-state index in [2.05, 4.69) is 25.7 Å². The van der Waals surface area contributed by atoms with E-state index in [4.69, 9.17) is 4.74 Å². The Labute approximate surface area is 126 Å². The lowest BCUT2D eigenvalue weighted by Crippen LogP contribution is -2.04. The van der Waals surface area contributed by atoms with Crippen molar-refractivity contribution in [2.24, 2.45) is 0 Å². The smallest absolute Gasteiger partial charge is 0.305 e. The van der Waals surface area contributed by atoms with Crippen molar-refractivity contribution in [3.8, 4) is 5.75 Å². The van der Waals surface area contributed by atoms with Crippen LogP contribution in [0.3, 0.4) is 0 Å². The molecule has 0 unspecified atom stereocenters. The average Bonchev–Trinajstić information content (AvgIpc) is 2.45. The first-order valence-corrected chi connectivity index (χ1v) is 7.16. The molecule has 106 valence electrons. The molecule has 0 aliphatic carbocycles. The van der Waals surface area contributed by atoms with Crippen LogP contribution in [0.2, 0.25) is 0 Å². The molecule has 0 bridgehead atoms. The maximum Gasteiger partial charge on any atom is 0.305 e. The number of carbonyl (C=O) groups is 1. The third kappa shape index (κ3) is 3.48. The van der Waals surface area contributed by atoms with Crippen LogP contribution in [-0.4, -0.2) is 24.7 Å². The number of aromatic nitrogens is 1. The number of hydrogen-bond acceptors (Lipinski definition) is 4. The highest BCUT2D eigenvalue weighted by molar-refractivity contribution is 9.10. The van der Waals surface area contributed by atoms with Crippen LogP contribution in [0, 0.1) is 6.92 Å². The lowest BCUT2D eigenvalue weighted by molar-refractivity contribution is -0.140. The third-order valence-corrected chi connectivity index (χ3v) is 3.74. The predicted molar refractivity (Wildman–Crippen MR) is 80.9 cm³/mol. The summed E-state index contributed by atoms with van der Waals surface area (Å²) in [7, 11) is 1.39. The summed E-state index contributed by atoms with van der Waals surface area (Å²) in [6.45, 7) is 2.43. The zero-order valence-electron chi connectivity index (χ0n) is 11.5. The van der Waals surface area contributed by atoms with Crippen molar-refractivity contribution in [3.63, 3.8) is 0 Å². The van der Waals surface area contributed by atoms with Gasteiger partial charge in [-0.05, 0) is 53.5 Å². The zero-order valence-corrected chi connectivity index (χ0v) is 13.1. The number of halogens is 1. The number of methoxy groups -OCH3 is 1. The Kier molecular flexibility index (Phi) is 4.95. The molecule has 0 N–H and O–H groups in total. The summed E-state index contributed by atoms with van der Waals surface area (Å²) in [6.07, 6.45) is 0.992. The second-order valence-electron chi connectivity index (χ2n) is 4.43. The second kappa shape index (κ2) is 6.70. The van der Waals surface area contributed by atoms with Crippen molar-refractivity contribution in [2.45, 2.75) is 19.8 Å². The van der Waals surface area contributed by atoms with Crippen molar-refractivity contribution in [1.82, 2.24) is 4.98 Å². The highest BCUT2D eigenvalue weighted by Gasteiger charge is 2.08. The quantitative estimate of drug-likeness (QED) is 0.617. The molecule has 1 heterocycles. The largest absolute Gasteiger partial charge is 0.492 e. The van der Waals surface area contributed by atoms with Crippen LogP contribution >= 0.6 is 15.9 Å². The highest BCUT2D eigenvalue weighted by Crippen LogP contribution is 2.32. The first kappa shape index (κ1) is 14.8. The molecule has 0 atom stereocenters. The molecule has 1 aromatic carbocycles. The van der Waals surface area contributed by atoms with E-state index in [1.54, 1.807) is 0 Å². The number of ether oxygens (including phenoxy) is 2. The van der Waals surface area contributed by atoms with Gasteiger partial charge in [0.15, 0.2) is 0 Å². The van der Waals surface area contributed by atoms with E-state index in [-0.39, 0.29) is 5.97 Å². The van der Waals surface area contributed by atoms with Gasteiger partial charge in [-0.25, -0.2) is 0 Å². The molecule has 4 nitrogen and oxygen atoms in total. The van der Waals surface area contributed by atoms with Gasteiger partial charge < -0.3 is 9.47 Å². The van der Waals surface area contributed by atoms with Crippen LogP contribution in [0.5, 0.6) is 5.75 Å². The van der Waals surface area contributed by atoms with Crippen molar-refractivity contribution < 1.29 is 14.3 Å². The monoisotopic (exact) mass is 337 g/mol. The number of nitrogens with zero attached hydrogens (tertiary/aromatic N) is 1. The van der Waals surface area contributed by atoms with E-state index in [1.165, 1.54) is 7.11 Å². The summed E-state index contributed by atoms with van der Waals surface area (Å²) in [5, 5.41) is 1.01. The van der Waals surface area contributed by atoms with Crippen LogP contribution in [0.1, 0.15) is 18.5 Å². The normalized spacial score (nSPS) is 10.6. The van der Waals surface area contributed by atoms with E-state index in [9.17, 15) is 4.79 Å². The van der Waals surface area contributed by atoms with Gasteiger partial charge in [-0.1, -0.05) is 0 Å². The summed E-state index contributed by atoms with van der Waals surface area (Å²) in [5.41, 5.74) is 1.91. The van der Waals surface area contributed by atoms with E-state index in [0.717, 1.165) is 26.8 Å². The van der Waals surface area contributed by atoms with Gasteiger partial charge >= 0.3 is 5.97 Å². The fourth-order valence-corrected chi connectivity index (χ4v) is 2.44. The first-order chi connectivity index (χ1) is 9.61. The summed E-state index contributed by atoms with van der Waals surface area (Å²) in [4.78, 5) is 15.5. The number of aryl methyl sites for hydroxylation is 1. The molecule has 0 saturated heterocycles. The lowest BCUT2D eigenvalue weighted by atomic mass is 10.2. The van der Waals surface area contributed by atoms with E-state index in [0.29, 0.717) is 19.4 Å². The lowest BCUT2D eigenvalue weighted by Gasteiger charge is -2.10. The summed E-state index contributed by atoms with van der Waals surface area (Å²) in [5.74, 6) is 0.541. The van der Waals surface area contributed by atoms with E-state index < -0.39 is 0 Å². The molecule has 0 fully saturated rings. The van der Waals surface area contributed by atoms with Crippen molar-refractivity contribution >= 4 is 32.8 Å². The molecular formula is C15H16BrNO3. The minimum absolute atomic E-state index is 0.217. The minimum Gasteiger partial charge on any atom is -0.492 e. The Hall–Kier alpha value is -1.62. The Balaban J connectivity index is 2.06. The number of benzene rings is 1. The Bertz CT molecular complexity index is 628. The first-order valence-electron chi connectivity index (χ1n) is 6.37. The van der Waals surface area contributed by atoms with Crippen LogP contribution in [0.25, 0.3) is 10.9 Å². The molecule has 0 spiro atoms. The number of carbonyl (C=O) groups excluding carboxylic acids is 1. The third-order valence-electron chi connectivity index (χ3n) is 2.92. The van der Waals surface area contributed by atoms with Crippen LogP contribution < -0.4 is 4.74 Å². The van der Waals surface area contributed by atoms with Gasteiger partial charge in [0.1, 0.15) is 5.75 Å². The standard InChI is InChI=1S/C15H16BrNO3/c1-10-5-6-11-12(17-10)7-8-13(15(11)16)20-9-3-4-14(18)19-2/h5-8H,3-4,9H2,1-2H3. The van der Waals surface area contributed by atoms with Gasteiger partial charge in [-0.15, -0.1) is 0 Å². The zero-order chi connectivity index (χ0) is 14.5. The Morgan fingerprint density at radius 3 is 2.85 bits per heavy atom. The molecule has 0 aliphatic heterocycles. The molecular weight excluding hydrogens is 322 g/mol. The molecule has 5 heteroatoms. The van der Waals surface area contributed by atoms with Crippen LogP contribution in [-0.2, 0) is 9.53 Å². The summed E-state index contributed by atoms with van der Waals surface area (Å²) < 4.78 is 11.2. The van der Waals surface area contributed by atoms with Gasteiger partial charge in [0.05, 0.1) is 23.7 Å².